The van der Waals surface area contributed by atoms with E-state index in [1.807, 2.05) is 0 Å². The van der Waals surface area contributed by atoms with E-state index in [-0.39, 0.29) is 5.15 Å². The van der Waals surface area contributed by atoms with E-state index in [4.69, 9.17) is 22.1 Å². The largest absolute Gasteiger partial charge is 0.496 e. The van der Waals surface area contributed by atoms with Gasteiger partial charge in [-0.25, -0.2) is 9.37 Å². The lowest BCUT2D eigenvalue weighted by Crippen LogP contribution is -2.58. The average molecular weight is 405 g/mol. The van der Waals surface area contributed by atoms with Gasteiger partial charge < -0.3 is 10.5 Å². The summed E-state index contributed by atoms with van der Waals surface area (Å²) in [4.78, 5) is 3.77. The molecule has 1 unspecified atom stereocenters. The van der Waals surface area contributed by atoms with Crippen LogP contribution in [0.4, 0.5) is 17.6 Å². The lowest BCUT2D eigenvalue weighted by molar-refractivity contribution is -0.191. The fourth-order valence-corrected chi connectivity index (χ4v) is 3.47. The zero-order valence-corrected chi connectivity index (χ0v) is 16.0. The Balaban J connectivity index is 2.45. The van der Waals surface area contributed by atoms with Crippen molar-refractivity contribution < 1.29 is 22.3 Å². The van der Waals surface area contributed by atoms with Crippen molar-refractivity contribution in [3.8, 4) is 5.75 Å². The second kappa shape index (κ2) is 7.64. The first-order valence-electron chi connectivity index (χ1n) is 8.18. The Kier molecular flexibility index (Phi) is 6.06. The lowest BCUT2D eigenvalue weighted by Gasteiger charge is -2.39. The second-order valence-corrected chi connectivity index (χ2v) is 7.61. The lowest BCUT2D eigenvalue weighted by atomic mass is 9.71. The number of methoxy groups -OCH3 is 1. The molecule has 0 saturated heterocycles. The normalized spacial score (nSPS) is 14.7. The summed E-state index contributed by atoms with van der Waals surface area (Å²) in [5.74, 6) is -0.257. The van der Waals surface area contributed by atoms with Gasteiger partial charge in [-0.05, 0) is 54.2 Å². The molecular formula is C19H21ClF4N2O. The molecule has 0 fully saturated rings. The molecule has 8 heteroatoms. The molecule has 3 nitrogen and oxygen atoms in total. The number of alkyl halides is 3. The summed E-state index contributed by atoms with van der Waals surface area (Å²) < 4.78 is 60.7. The first kappa shape index (κ1) is 21.4. The molecule has 0 aliphatic rings. The van der Waals surface area contributed by atoms with Crippen molar-refractivity contribution in [1.82, 2.24) is 4.98 Å². The third-order valence-corrected chi connectivity index (χ3v) is 4.73. The van der Waals surface area contributed by atoms with Gasteiger partial charge >= 0.3 is 6.18 Å². The molecule has 27 heavy (non-hydrogen) atoms. The highest BCUT2D eigenvalue weighted by Gasteiger charge is 2.54. The number of hydrogen-bond donors (Lipinski definition) is 1. The van der Waals surface area contributed by atoms with Crippen LogP contribution in [0.25, 0.3) is 0 Å². The second-order valence-electron chi connectivity index (χ2n) is 7.22. The first-order chi connectivity index (χ1) is 12.4. The van der Waals surface area contributed by atoms with Crippen LogP contribution >= 0.6 is 11.6 Å². The number of aromatic nitrogens is 1. The number of ether oxygens (including phenoxy) is 1. The Hall–Kier alpha value is -1.86. The number of halogens is 5. The molecule has 148 valence electrons. The molecule has 1 atom stereocenters. The molecule has 1 heterocycles. The Morgan fingerprint density at radius 2 is 1.81 bits per heavy atom. The highest BCUT2D eigenvalue weighted by Crippen LogP contribution is 2.43. The third kappa shape index (κ3) is 4.90. The summed E-state index contributed by atoms with van der Waals surface area (Å²) in [5, 5.41) is 0.0862. The van der Waals surface area contributed by atoms with Gasteiger partial charge in [0.15, 0.2) is 0 Å². The first-order valence-corrected chi connectivity index (χ1v) is 8.56. The van der Waals surface area contributed by atoms with E-state index in [0.29, 0.717) is 16.9 Å². The Bertz CT molecular complexity index is 811. The highest BCUT2D eigenvalue weighted by atomic mass is 35.5. The predicted octanol–water partition coefficient (Wildman–Crippen LogP) is 5.05. The molecule has 0 aliphatic carbocycles. The van der Waals surface area contributed by atoms with Gasteiger partial charge in [-0.2, -0.15) is 13.2 Å². The predicted molar refractivity (Wildman–Crippen MR) is 96.5 cm³/mol. The van der Waals surface area contributed by atoms with Gasteiger partial charge in [-0.3, -0.25) is 0 Å². The van der Waals surface area contributed by atoms with Gasteiger partial charge in [0.1, 0.15) is 22.3 Å². The molecule has 0 aliphatic heterocycles. The summed E-state index contributed by atoms with van der Waals surface area (Å²) in [5.41, 5.74) is 2.85. The summed E-state index contributed by atoms with van der Waals surface area (Å²) in [6.07, 6.45) is -4.33. The zero-order valence-electron chi connectivity index (χ0n) is 15.2. The van der Waals surface area contributed by atoms with E-state index in [9.17, 15) is 17.6 Å². The van der Waals surface area contributed by atoms with Crippen LogP contribution in [0.15, 0.2) is 36.5 Å². The van der Waals surface area contributed by atoms with Crippen LogP contribution in [0.3, 0.4) is 0 Å². The Morgan fingerprint density at radius 1 is 1.15 bits per heavy atom. The quantitative estimate of drug-likeness (QED) is 0.541. The number of nitrogens with zero attached hydrogens (tertiary/aromatic N) is 1. The molecule has 0 bridgehead atoms. The van der Waals surface area contributed by atoms with E-state index >= 15 is 0 Å². The van der Waals surface area contributed by atoms with E-state index in [1.165, 1.54) is 43.6 Å². The van der Waals surface area contributed by atoms with Crippen LogP contribution in [0, 0.1) is 5.82 Å². The van der Waals surface area contributed by atoms with Crippen LogP contribution in [0.1, 0.15) is 31.4 Å². The van der Waals surface area contributed by atoms with Crippen LogP contribution < -0.4 is 10.5 Å². The van der Waals surface area contributed by atoms with Crippen molar-refractivity contribution in [3.05, 3.63) is 58.6 Å². The smallest absolute Gasteiger partial charge is 0.406 e. The van der Waals surface area contributed by atoms with Crippen LogP contribution in [0.5, 0.6) is 5.75 Å². The minimum Gasteiger partial charge on any atom is -0.496 e. The van der Waals surface area contributed by atoms with E-state index < -0.39 is 35.8 Å². The van der Waals surface area contributed by atoms with Crippen LogP contribution in [-0.2, 0) is 11.8 Å². The number of hydrogen-bond acceptors (Lipinski definition) is 3. The maximum Gasteiger partial charge on any atom is 0.406 e. The van der Waals surface area contributed by atoms with Crippen molar-refractivity contribution in [1.29, 1.82) is 0 Å². The topological polar surface area (TPSA) is 48.1 Å². The number of rotatable bonds is 6. The summed E-state index contributed by atoms with van der Waals surface area (Å²) in [6.45, 7) is 3.16. The number of pyridine rings is 1. The van der Waals surface area contributed by atoms with Crippen molar-refractivity contribution >= 4 is 11.6 Å². The third-order valence-electron chi connectivity index (χ3n) is 4.52. The van der Waals surface area contributed by atoms with Crippen molar-refractivity contribution in [2.24, 2.45) is 5.73 Å². The maximum atomic E-state index is 13.9. The molecule has 0 radical (unpaired) electrons. The minimum atomic E-state index is -4.69. The highest BCUT2D eigenvalue weighted by molar-refractivity contribution is 6.29. The minimum absolute atomic E-state index is 0.0862. The van der Waals surface area contributed by atoms with Gasteiger partial charge in [-0.15, -0.1) is 0 Å². The van der Waals surface area contributed by atoms with E-state index in [0.717, 1.165) is 0 Å². The van der Waals surface area contributed by atoms with Gasteiger partial charge in [0.2, 0.25) is 0 Å². The maximum absolute atomic E-state index is 13.9. The van der Waals surface area contributed by atoms with Gasteiger partial charge in [-0.1, -0.05) is 25.4 Å². The molecule has 1 aromatic heterocycles. The fraction of sp³-hybridized carbons (Fsp3) is 0.421. The van der Waals surface area contributed by atoms with Crippen molar-refractivity contribution in [2.75, 3.05) is 7.11 Å². The summed E-state index contributed by atoms with van der Waals surface area (Å²) >= 11 is 5.78. The van der Waals surface area contributed by atoms with Gasteiger partial charge in [0, 0.05) is 11.8 Å². The number of benzene rings is 1. The van der Waals surface area contributed by atoms with Crippen molar-refractivity contribution in [2.45, 2.75) is 43.8 Å². The van der Waals surface area contributed by atoms with Crippen LogP contribution in [-0.4, -0.2) is 23.8 Å². The Labute approximate surface area is 160 Å². The van der Waals surface area contributed by atoms with Gasteiger partial charge in [0.05, 0.1) is 7.11 Å². The Morgan fingerprint density at radius 3 is 2.37 bits per heavy atom. The van der Waals surface area contributed by atoms with E-state index in [1.54, 1.807) is 13.8 Å². The zero-order chi connectivity index (χ0) is 20.5. The average Bonchev–Trinajstić information content (AvgIpc) is 2.53. The monoisotopic (exact) mass is 404 g/mol. The van der Waals surface area contributed by atoms with Gasteiger partial charge in [0.25, 0.3) is 0 Å². The molecule has 0 spiro atoms. The van der Waals surface area contributed by atoms with Crippen LogP contribution in [0.2, 0.25) is 5.15 Å². The molecule has 2 N–H and O–H groups in total. The summed E-state index contributed by atoms with van der Waals surface area (Å²) in [6, 6.07) is 6.55. The number of nitrogens with two attached hydrogens (primary N) is 1. The molecular weight excluding hydrogens is 384 g/mol. The SMILES string of the molecule is COc1ccc(F)cc1C(C)(C)CC(N)(Cc1ccnc(Cl)c1)C(F)(F)F. The van der Waals surface area contributed by atoms with E-state index in [2.05, 4.69) is 4.98 Å². The fourth-order valence-electron chi connectivity index (χ4n) is 3.27. The molecule has 0 amide bonds. The summed E-state index contributed by atoms with van der Waals surface area (Å²) in [7, 11) is 1.38. The molecule has 2 aromatic rings. The standard InChI is InChI=1S/C19H21ClF4N2O/c1-17(2,14-9-13(21)4-5-15(14)27-3)11-18(25,19(22,23)24)10-12-6-7-26-16(20)8-12/h4-9H,10-11,25H2,1-3H3. The molecule has 2 rings (SSSR count). The van der Waals surface area contributed by atoms with Crippen molar-refractivity contribution in [3.63, 3.8) is 0 Å². The molecule has 1 aromatic carbocycles. The molecule has 0 saturated carbocycles.